The summed E-state index contributed by atoms with van der Waals surface area (Å²) in [5, 5.41) is 4.56. The van der Waals surface area contributed by atoms with Gasteiger partial charge in [-0.3, -0.25) is 9.97 Å². The minimum Gasteiger partial charge on any atom is -0.309 e. The van der Waals surface area contributed by atoms with Crippen LogP contribution >= 0.6 is 0 Å². The number of fused-ring (bicyclic) bond motifs is 1. The number of benzene rings is 1. The van der Waals surface area contributed by atoms with Crippen LogP contribution in [-0.4, -0.2) is 17.0 Å². The third kappa shape index (κ3) is 2.65. The quantitative estimate of drug-likeness (QED) is 0.795. The minimum atomic E-state index is 0.143. The van der Waals surface area contributed by atoms with Crippen molar-refractivity contribution in [2.45, 2.75) is 19.9 Å². The Kier molecular flexibility index (Phi) is 3.67. The SMILES string of the molecule is CNC(c1ccc2nc(C)ccc2c1)c1cccnc1C. The predicted molar refractivity (Wildman–Crippen MR) is 86.4 cm³/mol. The number of pyridine rings is 2. The van der Waals surface area contributed by atoms with Crippen LogP contribution in [-0.2, 0) is 0 Å². The van der Waals surface area contributed by atoms with Crippen molar-refractivity contribution in [3.63, 3.8) is 0 Å². The van der Waals surface area contributed by atoms with Gasteiger partial charge in [0.05, 0.1) is 11.6 Å². The molecule has 0 radical (unpaired) electrons. The molecule has 0 bridgehead atoms. The van der Waals surface area contributed by atoms with Crippen LogP contribution in [0.1, 0.15) is 28.6 Å². The highest BCUT2D eigenvalue weighted by molar-refractivity contribution is 5.79. The van der Waals surface area contributed by atoms with Gasteiger partial charge in [0.25, 0.3) is 0 Å². The first kappa shape index (κ1) is 13.7. The van der Waals surface area contributed by atoms with Crippen molar-refractivity contribution in [3.8, 4) is 0 Å². The summed E-state index contributed by atoms with van der Waals surface area (Å²) in [5.41, 5.74) is 5.57. The molecule has 0 aliphatic rings. The average molecular weight is 277 g/mol. The number of hydrogen-bond acceptors (Lipinski definition) is 3. The molecule has 1 aromatic carbocycles. The van der Waals surface area contributed by atoms with E-state index >= 15 is 0 Å². The van der Waals surface area contributed by atoms with Crippen molar-refractivity contribution in [2.24, 2.45) is 0 Å². The number of aromatic nitrogens is 2. The molecule has 1 N–H and O–H groups in total. The Balaban J connectivity index is 2.09. The van der Waals surface area contributed by atoms with Gasteiger partial charge in [-0.05, 0) is 56.3 Å². The Bertz CT molecular complexity index is 780. The van der Waals surface area contributed by atoms with Crippen LogP contribution in [0.15, 0.2) is 48.7 Å². The third-order valence-corrected chi connectivity index (χ3v) is 3.83. The Hall–Kier alpha value is -2.26. The van der Waals surface area contributed by atoms with Crippen LogP contribution in [0.25, 0.3) is 10.9 Å². The van der Waals surface area contributed by atoms with Gasteiger partial charge in [-0.2, -0.15) is 0 Å². The summed E-state index contributed by atoms with van der Waals surface area (Å²) in [6, 6.07) is 14.9. The topological polar surface area (TPSA) is 37.8 Å². The maximum Gasteiger partial charge on any atom is 0.0705 e. The fraction of sp³-hybridized carbons (Fsp3) is 0.222. The summed E-state index contributed by atoms with van der Waals surface area (Å²) in [5.74, 6) is 0. The van der Waals surface area contributed by atoms with Gasteiger partial charge >= 0.3 is 0 Å². The van der Waals surface area contributed by atoms with Crippen molar-refractivity contribution in [1.82, 2.24) is 15.3 Å². The molecule has 3 nitrogen and oxygen atoms in total. The first-order valence-electron chi connectivity index (χ1n) is 7.15. The first-order valence-corrected chi connectivity index (χ1v) is 7.15. The van der Waals surface area contributed by atoms with E-state index in [-0.39, 0.29) is 6.04 Å². The van der Waals surface area contributed by atoms with Gasteiger partial charge in [-0.1, -0.05) is 18.2 Å². The van der Waals surface area contributed by atoms with E-state index in [9.17, 15) is 0 Å². The van der Waals surface area contributed by atoms with Gasteiger partial charge in [-0.25, -0.2) is 0 Å². The van der Waals surface area contributed by atoms with E-state index in [4.69, 9.17) is 0 Å². The van der Waals surface area contributed by atoms with Crippen molar-refractivity contribution in [1.29, 1.82) is 0 Å². The molecule has 3 heteroatoms. The highest BCUT2D eigenvalue weighted by atomic mass is 14.9. The Morgan fingerprint density at radius 2 is 1.90 bits per heavy atom. The molecule has 0 saturated heterocycles. The largest absolute Gasteiger partial charge is 0.309 e. The third-order valence-electron chi connectivity index (χ3n) is 3.83. The Labute approximate surface area is 125 Å². The average Bonchev–Trinajstić information content (AvgIpc) is 2.50. The van der Waals surface area contributed by atoms with E-state index in [1.165, 1.54) is 16.5 Å². The lowest BCUT2D eigenvalue weighted by molar-refractivity contribution is 0.684. The lowest BCUT2D eigenvalue weighted by Gasteiger charge is -2.19. The molecule has 0 amide bonds. The van der Waals surface area contributed by atoms with Gasteiger partial charge in [0.2, 0.25) is 0 Å². The zero-order valence-corrected chi connectivity index (χ0v) is 12.6. The van der Waals surface area contributed by atoms with Crippen LogP contribution in [0.4, 0.5) is 0 Å². The molecular weight excluding hydrogens is 258 g/mol. The first-order chi connectivity index (χ1) is 10.2. The molecule has 21 heavy (non-hydrogen) atoms. The fourth-order valence-electron chi connectivity index (χ4n) is 2.73. The van der Waals surface area contributed by atoms with Gasteiger partial charge < -0.3 is 5.32 Å². The van der Waals surface area contributed by atoms with E-state index in [0.29, 0.717) is 0 Å². The van der Waals surface area contributed by atoms with E-state index in [1.54, 1.807) is 0 Å². The molecule has 0 aliphatic carbocycles. The van der Waals surface area contributed by atoms with Crippen molar-refractivity contribution in [2.75, 3.05) is 7.05 Å². The summed E-state index contributed by atoms with van der Waals surface area (Å²) in [4.78, 5) is 8.95. The summed E-state index contributed by atoms with van der Waals surface area (Å²) in [6.07, 6.45) is 1.83. The van der Waals surface area contributed by atoms with Gasteiger partial charge in [0, 0.05) is 23.0 Å². The number of nitrogens with one attached hydrogen (secondary N) is 1. The summed E-state index contributed by atoms with van der Waals surface area (Å²) in [6.45, 7) is 4.06. The molecule has 2 heterocycles. The molecule has 1 atom stereocenters. The van der Waals surface area contributed by atoms with Crippen LogP contribution in [0.5, 0.6) is 0 Å². The molecule has 0 saturated carbocycles. The highest BCUT2D eigenvalue weighted by Gasteiger charge is 2.15. The van der Waals surface area contributed by atoms with Crippen LogP contribution in [0, 0.1) is 13.8 Å². The van der Waals surface area contributed by atoms with Crippen LogP contribution in [0.3, 0.4) is 0 Å². The number of nitrogens with zero attached hydrogens (tertiary/aromatic N) is 2. The molecule has 0 spiro atoms. The molecule has 0 fully saturated rings. The highest BCUT2D eigenvalue weighted by Crippen LogP contribution is 2.26. The minimum absolute atomic E-state index is 0.143. The molecule has 3 aromatic rings. The Morgan fingerprint density at radius 1 is 1.05 bits per heavy atom. The summed E-state index contributed by atoms with van der Waals surface area (Å²) >= 11 is 0. The molecule has 3 rings (SSSR count). The predicted octanol–water partition coefficient (Wildman–Crippen LogP) is 3.56. The second-order valence-electron chi connectivity index (χ2n) is 5.30. The van der Waals surface area contributed by atoms with Crippen LogP contribution < -0.4 is 5.32 Å². The molecule has 106 valence electrons. The number of aryl methyl sites for hydroxylation is 2. The zero-order valence-electron chi connectivity index (χ0n) is 12.6. The maximum absolute atomic E-state index is 4.56. The fourth-order valence-corrected chi connectivity index (χ4v) is 2.73. The van der Waals surface area contributed by atoms with E-state index in [1.807, 2.05) is 33.2 Å². The van der Waals surface area contributed by atoms with E-state index in [0.717, 1.165) is 16.9 Å². The Morgan fingerprint density at radius 3 is 2.67 bits per heavy atom. The normalized spacial score (nSPS) is 12.5. The van der Waals surface area contributed by atoms with Crippen molar-refractivity contribution < 1.29 is 0 Å². The monoisotopic (exact) mass is 277 g/mol. The smallest absolute Gasteiger partial charge is 0.0705 e. The van der Waals surface area contributed by atoms with Crippen LogP contribution in [0.2, 0.25) is 0 Å². The van der Waals surface area contributed by atoms with Crippen molar-refractivity contribution >= 4 is 10.9 Å². The van der Waals surface area contributed by atoms with Gasteiger partial charge in [0.1, 0.15) is 0 Å². The standard InChI is InChI=1S/C18H19N3/c1-12-6-7-14-11-15(8-9-17(14)21-12)18(19-3)16-5-4-10-20-13(16)2/h4-11,18-19H,1-3H3. The van der Waals surface area contributed by atoms with E-state index in [2.05, 4.69) is 51.7 Å². The maximum atomic E-state index is 4.56. The summed E-state index contributed by atoms with van der Waals surface area (Å²) < 4.78 is 0. The second-order valence-corrected chi connectivity index (χ2v) is 5.30. The lowest BCUT2D eigenvalue weighted by Crippen LogP contribution is -2.19. The second kappa shape index (κ2) is 5.62. The summed E-state index contributed by atoms with van der Waals surface area (Å²) in [7, 11) is 1.98. The van der Waals surface area contributed by atoms with E-state index < -0.39 is 0 Å². The molecular formula is C18H19N3. The molecule has 2 aromatic heterocycles. The lowest BCUT2D eigenvalue weighted by atomic mass is 9.96. The van der Waals surface area contributed by atoms with Gasteiger partial charge in [0.15, 0.2) is 0 Å². The molecule has 1 unspecified atom stereocenters. The van der Waals surface area contributed by atoms with Gasteiger partial charge in [-0.15, -0.1) is 0 Å². The number of rotatable bonds is 3. The number of hydrogen-bond donors (Lipinski definition) is 1. The zero-order chi connectivity index (χ0) is 14.8. The van der Waals surface area contributed by atoms with Crippen molar-refractivity contribution in [3.05, 3.63) is 71.2 Å². The molecule has 0 aliphatic heterocycles.